The van der Waals surface area contributed by atoms with Crippen molar-refractivity contribution < 1.29 is 28.3 Å². The van der Waals surface area contributed by atoms with Crippen LogP contribution in [0.15, 0.2) is 53.1 Å². The van der Waals surface area contributed by atoms with Crippen LogP contribution in [0.5, 0.6) is 17.2 Å². The van der Waals surface area contributed by atoms with E-state index in [4.69, 9.17) is 23.5 Å². The van der Waals surface area contributed by atoms with E-state index in [1.807, 2.05) is 18.2 Å². The van der Waals surface area contributed by atoms with Crippen molar-refractivity contribution in [1.29, 1.82) is 0 Å². The zero-order valence-corrected chi connectivity index (χ0v) is 14.6. The third-order valence-electron chi connectivity index (χ3n) is 4.06. The van der Waals surface area contributed by atoms with Gasteiger partial charge in [0, 0.05) is 11.6 Å². The molecule has 0 atom stereocenters. The van der Waals surface area contributed by atoms with Gasteiger partial charge in [-0.2, -0.15) is 0 Å². The molecule has 0 saturated heterocycles. The van der Waals surface area contributed by atoms with Gasteiger partial charge in [0.25, 0.3) is 0 Å². The number of methoxy groups -OCH3 is 1. The van der Waals surface area contributed by atoms with Crippen LogP contribution in [0, 0.1) is 0 Å². The van der Waals surface area contributed by atoms with E-state index < -0.39 is 5.97 Å². The Balaban J connectivity index is 1.41. The number of aromatic nitrogens is 1. The normalized spacial score (nSPS) is 12.5. The lowest BCUT2D eigenvalue weighted by molar-refractivity contribution is 0.0464. The monoisotopic (exact) mass is 367 g/mol. The van der Waals surface area contributed by atoms with Crippen molar-refractivity contribution in [2.45, 2.75) is 6.61 Å². The summed E-state index contributed by atoms with van der Waals surface area (Å²) in [5, 5.41) is 3.95. The van der Waals surface area contributed by atoms with Gasteiger partial charge in [-0.05, 0) is 42.5 Å². The van der Waals surface area contributed by atoms with Crippen LogP contribution in [-0.4, -0.2) is 31.4 Å². The zero-order valence-electron chi connectivity index (χ0n) is 14.6. The van der Waals surface area contributed by atoms with Crippen LogP contribution in [0.3, 0.4) is 0 Å². The van der Waals surface area contributed by atoms with Gasteiger partial charge in [0.2, 0.25) is 0 Å². The molecular weight excluding hydrogens is 350 g/mol. The molecule has 0 saturated carbocycles. The molecule has 138 valence electrons. The Morgan fingerprint density at radius 2 is 1.81 bits per heavy atom. The lowest BCUT2D eigenvalue weighted by Crippen LogP contribution is -2.15. The maximum Gasteiger partial charge on any atom is 0.338 e. The van der Waals surface area contributed by atoms with Crippen LogP contribution in [0.25, 0.3) is 11.3 Å². The average Bonchev–Trinajstić information content (AvgIpc) is 3.21. The summed E-state index contributed by atoms with van der Waals surface area (Å²) in [6.45, 7) is 1.07. The van der Waals surface area contributed by atoms with Crippen molar-refractivity contribution in [2.75, 3.05) is 20.3 Å². The van der Waals surface area contributed by atoms with E-state index in [1.54, 1.807) is 37.4 Å². The fourth-order valence-electron chi connectivity index (χ4n) is 2.66. The molecule has 0 N–H and O–H groups in total. The van der Waals surface area contributed by atoms with Crippen LogP contribution in [0.4, 0.5) is 0 Å². The maximum atomic E-state index is 12.1. The van der Waals surface area contributed by atoms with E-state index in [1.165, 1.54) is 0 Å². The van der Waals surface area contributed by atoms with Crippen LogP contribution in [0.2, 0.25) is 0 Å². The average molecular weight is 367 g/mol. The summed E-state index contributed by atoms with van der Waals surface area (Å²) >= 11 is 0. The van der Waals surface area contributed by atoms with Gasteiger partial charge < -0.3 is 23.5 Å². The van der Waals surface area contributed by atoms with Crippen molar-refractivity contribution in [3.8, 4) is 28.6 Å². The summed E-state index contributed by atoms with van der Waals surface area (Å²) in [4.78, 5) is 12.1. The van der Waals surface area contributed by atoms with E-state index in [-0.39, 0.29) is 6.61 Å². The Hall–Kier alpha value is -3.48. The number of benzene rings is 2. The molecule has 7 nitrogen and oxygen atoms in total. The second-order valence-electron chi connectivity index (χ2n) is 5.85. The molecule has 2 aromatic carbocycles. The number of nitrogens with zero attached hydrogens (tertiary/aromatic N) is 1. The fraction of sp³-hybridized carbons (Fsp3) is 0.200. The highest BCUT2D eigenvalue weighted by molar-refractivity contribution is 5.89. The SMILES string of the molecule is COc1ccc(C(=O)OCc2cc(-c3ccc4c(c3)OCCO4)on2)cc1. The summed E-state index contributed by atoms with van der Waals surface area (Å²) in [5.41, 5.74) is 1.76. The van der Waals surface area contributed by atoms with Gasteiger partial charge in [-0.15, -0.1) is 0 Å². The standard InChI is InChI=1S/C20H17NO6/c1-23-16-5-2-13(3-6-16)20(22)26-12-15-11-18(27-21-15)14-4-7-17-19(10-14)25-9-8-24-17/h2-7,10-11H,8-9,12H2,1H3. The first-order chi connectivity index (χ1) is 13.2. The number of ether oxygens (including phenoxy) is 4. The lowest BCUT2D eigenvalue weighted by Gasteiger charge is -2.18. The van der Waals surface area contributed by atoms with Gasteiger partial charge >= 0.3 is 5.97 Å². The van der Waals surface area contributed by atoms with Crippen molar-refractivity contribution in [1.82, 2.24) is 5.16 Å². The molecule has 4 rings (SSSR count). The molecule has 1 aliphatic rings. The molecule has 2 heterocycles. The number of hydrogen-bond acceptors (Lipinski definition) is 7. The Labute approximate surface area is 155 Å². The van der Waals surface area contributed by atoms with Gasteiger partial charge in [-0.1, -0.05) is 5.16 Å². The van der Waals surface area contributed by atoms with E-state index >= 15 is 0 Å². The molecule has 0 spiro atoms. The van der Waals surface area contributed by atoms with E-state index in [0.29, 0.717) is 47.5 Å². The molecule has 1 aromatic heterocycles. The molecule has 0 aliphatic carbocycles. The van der Waals surface area contributed by atoms with Gasteiger partial charge in [-0.3, -0.25) is 0 Å². The van der Waals surface area contributed by atoms with Crippen molar-refractivity contribution in [2.24, 2.45) is 0 Å². The highest BCUT2D eigenvalue weighted by atomic mass is 16.6. The first kappa shape index (κ1) is 17.0. The Morgan fingerprint density at radius 3 is 2.59 bits per heavy atom. The smallest absolute Gasteiger partial charge is 0.338 e. The summed E-state index contributed by atoms with van der Waals surface area (Å²) in [5.74, 6) is 2.16. The van der Waals surface area contributed by atoms with E-state index in [9.17, 15) is 4.79 Å². The maximum absolute atomic E-state index is 12.1. The van der Waals surface area contributed by atoms with Gasteiger partial charge in [-0.25, -0.2) is 4.79 Å². The number of carbonyl (C=O) groups is 1. The summed E-state index contributed by atoms with van der Waals surface area (Å²) in [6.07, 6.45) is 0. The fourth-order valence-corrected chi connectivity index (χ4v) is 2.66. The largest absolute Gasteiger partial charge is 0.497 e. The number of carbonyl (C=O) groups excluding carboxylic acids is 1. The second-order valence-corrected chi connectivity index (χ2v) is 5.85. The molecular formula is C20H17NO6. The number of rotatable bonds is 5. The minimum atomic E-state index is -0.443. The molecule has 1 aliphatic heterocycles. The molecule has 0 fully saturated rings. The van der Waals surface area contributed by atoms with Crippen molar-refractivity contribution in [3.05, 3.63) is 59.8 Å². The van der Waals surface area contributed by atoms with Crippen molar-refractivity contribution >= 4 is 5.97 Å². The highest BCUT2D eigenvalue weighted by Gasteiger charge is 2.15. The minimum absolute atomic E-state index is 0.0128. The first-order valence-electron chi connectivity index (χ1n) is 8.40. The lowest BCUT2D eigenvalue weighted by atomic mass is 10.1. The van der Waals surface area contributed by atoms with E-state index in [0.717, 1.165) is 5.56 Å². The predicted octanol–water partition coefficient (Wildman–Crippen LogP) is 3.48. The molecule has 0 radical (unpaired) electrons. The molecule has 7 heteroatoms. The summed E-state index contributed by atoms with van der Waals surface area (Å²) in [7, 11) is 1.57. The number of esters is 1. The van der Waals surface area contributed by atoms with Gasteiger partial charge in [0.15, 0.2) is 17.3 Å². The quantitative estimate of drug-likeness (QED) is 0.639. The molecule has 0 amide bonds. The minimum Gasteiger partial charge on any atom is -0.497 e. The molecule has 0 unspecified atom stereocenters. The Bertz CT molecular complexity index is 947. The zero-order chi connectivity index (χ0) is 18.6. The second kappa shape index (κ2) is 7.41. The summed E-state index contributed by atoms with van der Waals surface area (Å²) in [6, 6.07) is 13.9. The summed E-state index contributed by atoms with van der Waals surface area (Å²) < 4.78 is 26.8. The van der Waals surface area contributed by atoms with Crippen LogP contribution < -0.4 is 14.2 Å². The Kier molecular flexibility index (Phi) is 4.65. The van der Waals surface area contributed by atoms with Crippen LogP contribution >= 0.6 is 0 Å². The Morgan fingerprint density at radius 1 is 1.04 bits per heavy atom. The molecule has 27 heavy (non-hydrogen) atoms. The molecule has 3 aromatic rings. The molecule has 0 bridgehead atoms. The van der Waals surface area contributed by atoms with Crippen molar-refractivity contribution in [3.63, 3.8) is 0 Å². The van der Waals surface area contributed by atoms with E-state index in [2.05, 4.69) is 5.16 Å². The van der Waals surface area contributed by atoms with Gasteiger partial charge in [0.1, 0.15) is 31.3 Å². The number of fused-ring (bicyclic) bond motifs is 1. The third kappa shape index (κ3) is 3.72. The highest BCUT2D eigenvalue weighted by Crippen LogP contribution is 2.34. The third-order valence-corrected chi connectivity index (χ3v) is 4.06. The predicted molar refractivity (Wildman–Crippen MR) is 95.0 cm³/mol. The van der Waals surface area contributed by atoms with Gasteiger partial charge in [0.05, 0.1) is 12.7 Å². The number of hydrogen-bond donors (Lipinski definition) is 0. The van der Waals surface area contributed by atoms with Crippen LogP contribution in [-0.2, 0) is 11.3 Å². The first-order valence-corrected chi connectivity index (χ1v) is 8.40. The topological polar surface area (TPSA) is 80.0 Å². The van der Waals surface area contributed by atoms with Crippen LogP contribution in [0.1, 0.15) is 16.1 Å².